The zero-order valence-electron chi connectivity index (χ0n) is 41.3. The number of aliphatic hydroxyl groups is 1. The molecule has 2 saturated carbocycles. The Hall–Kier alpha value is -5.95. The summed E-state index contributed by atoms with van der Waals surface area (Å²) in [6, 6.07) is 20.8. The van der Waals surface area contributed by atoms with E-state index in [9.17, 15) is 28.4 Å². The van der Waals surface area contributed by atoms with Gasteiger partial charge in [-0.25, -0.2) is 13.1 Å². The molecule has 1 amide bonds. The lowest BCUT2D eigenvalue weighted by Crippen LogP contribution is -2.54. The number of piperidine rings is 1. The van der Waals surface area contributed by atoms with Gasteiger partial charge in [-0.15, -0.1) is 0 Å². The Kier molecular flexibility index (Phi) is 12.9. The third-order valence-electron chi connectivity index (χ3n) is 16.7. The number of nitrogens with zero attached hydrogens (tertiary/aromatic N) is 4. The molecule has 4 aliphatic heterocycles. The fourth-order valence-electron chi connectivity index (χ4n) is 12.3. The van der Waals surface area contributed by atoms with Crippen LogP contribution in [0.25, 0.3) is 11.0 Å². The number of benzene rings is 3. The second-order valence-electron chi connectivity index (χ2n) is 21.9. The SMILES string of the molecule is CC(C)c1ccccc1[C@H]1CCCN1C1CC2(CCN(c3ccc(C(=O)NS(=O)(=O)c4cc5c(c([N+](=O)[O-])c4)N[C@@H]([C@H]4CC[C@](C)(O)CC4)CO5)c(Oc4cc5cc[nH]c5nc4OC[C@H]4CCN4)c3)CC2)C1. The molecule has 3 saturated heterocycles. The first-order valence-electron chi connectivity index (χ1n) is 25.9. The highest BCUT2D eigenvalue weighted by molar-refractivity contribution is 7.90. The predicted octanol–water partition coefficient (Wildman–Crippen LogP) is 8.95. The number of nitro benzene ring substituents is 1. The normalized spacial score (nSPS) is 25.3. The van der Waals surface area contributed by atoms with E-state index in [0.717, 1.165) is 62.6 Å². The number of hydrogen-bond acceptors (Lipinski definition) is 14. The predicted molar refractivity (Wildman–Crippen MR) is 274 cm³/mol. The van der Waals surface area contributed by atoms with Crippen LogP contribution in [-0.4, -0.2) is 102 Å². The number of ether oxygens (including phenoxy) is 3. The highest BCUT2D eigenvalue weighted by Crippen LogP contribution is 2.54. The monoisotopic (exact) mass is 1000 g/mol. The number of nitrogens with one attached hydrogen (secondary N) is 4. The molecule has 18 heteroatoms. The van der Waals surface area contributed by atoms with Crippen molar-refractivity contribution in [3.8, 4) is 23.1 Å². The van der Waals surface area contributed by atoms with Crippen molar-refractivity contribution >= 4 is 44.0 Å². The third kappa shape index (κ3) is 9.58. The van der Waals surface area contributed by atoms with Crippen LogP contribution in [0.1, 0.15) is 125 Å². The molecule has 3 atom stereocenters. The largest absolute Gasteiger partial charge is 0.489 e. The summed E-state index contributed by atoms with van der Waals surface area (Å²) in [5.41, 5.74) is 3.38. The number of H-pyrrole nitrogens is 1. The van der Waals surface area contributed by atoms with E-state index >= 15 is 0 Å². The van der Waals surface area contributed by atoms with Crippen LogP contribution < -0.4 is 34.5 Å². The van der Waals surface area contributed by atoms with Crippen LogP contribution in [0.15, 0.2) is 77.8 Å². The molecule has 2 aromatic heterocycles. The maximum Gasteiger partial charge on any atom is 0.297 e. The van der Waals surface area contributed by atoms with E-state index in [-0.39, 0.29) is 64.4 Å². The second-order valence-corrected chi connectivity index (χ2v) is 23.6. The maximum absolute atomic E-state index is 14.4. The zero-order valence-corrected chi connectivity index (χ0v) is 42.1. The van der Waals surface area contributed by atoms with Crippen molar-refractivity contribution in [3.05, 3.63) is 99.7 Å². The van der Waals surface area contributed by atoms with Crippen molar-refractivity contribution in [2.45, 2.75) is 132 Å². The van der Waals surface area contributed by atoms with Gasteiger partial charge in [-0.2, -0.15) is 4.98 Å². The Labute approximate surface area is 420 Å². The lowest BCUT2D eigenvalue weighted by molar-refractivity contribution is -0.384. The molecule has 1 spiro atoms. The van der Waals surface area contributed by atoms with E-state index < -0.39 is 37.0 Å². The highest BCUT2D eigenvalue weighted by Gasteiger charge is 2.50. The number of rotatable bonds is 14. The second kappa shape index (κ2) is 19.1. The average Bonchev–Trinajstić information content (AvgIpc) is 4.02. The van der Waals surface area contributed by atoms with E-state index in [1.807, 2.05) is 19.1 Å². The number of carbonyl (C=O) groups excluding carboxylic acids is 1. The number of amides is 1. The van der Waals surface area contributed by atoms with E-state index in [1.165, 1.54) is 42.9 Å². The molecule has 5 aromatic rings. The van der Waals surface area contributed by atoms with Gasteiger partial charge in [0.15, 0.2) is 17.2 Å². The third-order valence-corrected chi connectivity index (χ3v) is 18.0. The van der Waals surface area contributed by atoms with Gasteiger partial charge >= 0.3 is 0 Å². The number of aromatic nitrogens is 2. The van der Waals surface area contributed by atoms with Gasteiger partial charge in [-0.05, 0) is 143 Å². The van der Waals surface area contributed by atoms with Crippen LogP contribution >= 0.6 is 0 Å². The number of anilines is 2. The van der Waals surface area contributed by atoms with Crippen molar-refractivity contribution in [1.82, 2.24) is 24.9 Å². The van der Waals surface area contributed by atoms with Crippen molar-refractivity contribution < 1.29 is 37.5 Å². The first-order valence-corrected chi connectivity index (χ1v) is 27.4. The number of hydrogen-bond donors (Lipinski definition) is 5. The summed E-state index contributed by atoms with van der Waals surface area (Å²) in [6.07, 6.45) is 12.1. The lowest BCUT2D eigenvalue weighted by atomic mass is 9.59. The van der Waals surface area contributed by atoms with Crippen LogP contribution in [0.3, 0.4) is 0 Å². The minimum Gasteiger partial charge on any atom is -0.489 e. The van der Waals surface area contributed by atoms with Gasteiger partial charge in [0.2, 0.25) is 0 Å². The number of nitro groups is 1. The molecule has 5 fully saturated rings. The summed E-state index contributed by atoms with van der Waals surface area (Å²) < 4.78 is 49.4. The van der Waals surface area contributed by atoms with Gasteiger partial charge < -0.3 is 39.8 Å². The number of likely N-dealkylation sites (tertiary alicyclic amines) is 1. The van der Waals surface area contributed by atoms with Gasteiger partial charge in [0, 0.05) is 66.7 Å². The number of aromatic amines is 1. The first kappa shape index (κ1) is 48.3. The van der Waals surface area contributed by atoms with Crippen molar-refractivity contribution in [1.29, 1.82) is 0 Å². The molecule has 0 unspecified atom stereocenters. The van der Waals surface area contributed by atoms with Gasteiger partial charge in [-0.3, -0.25) is 19.8 Å². The van der Waals surface area contributed by atoms with Gasteiger partial charge in [0.05, 0.1) is 27.0 Å². The van der Waals surface area contributed by atoms with Crippen LogP contribution in [0.2, 0.25) is 0 Å². The van der Waals surface area contributed by atoms with Crippen LogP contribution in [0.4, 0.5) is 17.1 Å². The van der Waals surface area contributed by atoms with Gasteiger partial charge in [0.25, 0.3) is 27.5 Å². The topological polar surface area (TPSA) is 214 Å². The molecule has 2 aliphatic carbocycles. The highest BCUT2D eigenvalue weighted by atomic mass is 32.2. The Morgan fingerprint density at radius 3 is 2.51 bits per heavy atom. The zero-order chi connectivity index (χ0) is 49.9. The van der Waals surface area contributed by atoms with Gasteiger partial charge in [-0.1, -0.05) is 38.1 Å². The lowest BCUT2D eigenvalue weighted by Gasteiger charge is -2.56. The fraction of sp³-hybridized carbons (Fsp3) is 0.519. The van der Waals surface area contributed by atoms with E-state index in [1.54, 1.807) is 24.4 Å². The molecular weight excluding hydrogens is 937 g/mol. The van der Waals surface area contributed by atoms with Crippen LogP contribution in [-0.2, 0) is 10.0 Å². The summed E-state index contributed by atoms with van der Waals surface area (Å²) in [5.74, 6) is 0.133. The summed E-state index contributed by atoms with van der Waals surface area (Å²) in [5, 5.41) is 30.3. The van der Waals surface area contributed by atoms with E-state index in [0.29, 0.717) is 55.9 Å². The minimum absolute atomic E-state index is 0.00452. The molecule has 72 heavy (non-hydrogen) atoms. The van der Waals surface area contributed by atoms with E-state index in [2.05, 4.69) is 68.3 Å². The number of sulfonamides is 1. The molecule has 0 radical (unpaired) electrons. The molecule has 5 N–H and O–H groups in total. The fourth-order valence-corrected chi connectivity index (χ4v) is 13.3. The Morgan fingerprint density at radius 2 is 1.78 bits per heavy atom. The Morgan fingerprint density at radius 1 is 1.00 bits per heavy atom. The number of fused-ring (bicyclic) bond motifs is 2. The molecule has 6 heterocycles. The Balaban J connectivity index is 0.838. The molecular formula is C54H66N8O9S. The molecule has 0 bridgehead atoms. The Bertz CT molecular complexity index is 2970. The molecule has 6 aliphatic rings. The number of pyridine rings is 1. The number of carbonyl (C=O) groups is 1. The minimum atomic E-state index is -4.71. The average molecular weight is 1000 g/mol. The van der Waals surface area contributed by atoms with Crippen molar-refractivity contribution in [3.63, 3.8) is 0 Å². The van der Waals surface area contributed by atoms with Crippen molar-refractivity contribution in [2.75, 3.05) is 49.6 Å². The molecule has 3 aromatic carbocycles. The standard InChI is InChI=1S/C54H66N8O9S/c1-33(2)40-7-4-5-8-41(40)44-9-6-22-61(44)38-29-54(30-38)18-23-60(24-19-54)37-10-11-42(46(26-37)71-48-25-35-14-20-56-50(35)58-52(48)70-31-36-15-21-55-36)51(63)59-72(67,68)39-27-45(62(65)66)49-47(28-39)69-32-43(57-49)34-12-16-53(3,64)17-13-34/h4-5,7-8,10-11,14,20,25-28,33-34,36,38,43-44,55,57,64H,6,9,12-13,15-19,21-24,29-32H2,1-3H3,(H,56,58)(H,59,63)/t34-,36-,43-,44-,53-/m1/s1. The molecule has 17 nitrogen and oxygen atoms in total. The van der Waals surface area contributed by atoms with Crippen LogP contribution in [0.5, 0.6) is 23.1 Å². The summed E-state index contributed by atoms with van der Waals surface area (Å²) in [6.45, 7) is 10.5. The van der Waals surface area contributed by atoms with Gasteiger partial charge in [0.1, 0.15) is 24.6 Å². The quantitative estimate of drug-likeness (QED) is 0.0519. The summed E-state index contributed by atoms with van der Waals surface area (Å²) in [4.78, 5) is 38.7. The van der Waals surface area contributed by atoms with E-state index in [4.69, 9.17) is 19.2 Å². The first-order chi connectivity index (χ1) is 34.6. The summed E-state index contributed by atoms with van der Waals surface area (Å²) >= 11 is 0. The van der Waals surface area contributed by atoms with Crippen LogP contribution in [0, 0.1) is 21.4 Å². The smallest absolute Gasteiger partial charge is 0.297 e. The maximum atomic E-state index is 14.4. The summed E-state index contributed by atoms with van der Waals surface area (Å²) in [7, 11) is -4.71. The molecule has 11 rings (SSSR count). The molecule has 382 valence electrons. The van der Waals surface area contributed by atoms with Crippen molar-refractivity contribution in [2.24, 2.45) is 11.3 Å².